The van der Waals surface area contributed by atoms with Gasteiger partial charge in [-0.3, -0.25) is 0 Å². The second-order valence-electron chi connectivity index (χ2n) is 5.35. The topological polar surface area (TPSA) is 39.4 Å². The highest BCUT2D eigenvalue weighted by molar-refractivity contribution is 6.28. The van der Waals surface area contributed by atoms with Crippen LogP contribution in [0.1, 0.15) is 5.56 Å². The molecule has 2 heterocycles. The number of ether oxygens (including phenoxy) is 1. The van der Waals surface area contributed by atoms with E-state index in [-0.39, 0.29) is 0 Å². The Hall–Kier alpha value is -2.85. The smallest absolute Gasteiger partial charge is 0.232 e. The molecular formula is C19H14ClN3O. The van der Waals surface area contributed by atoms with Crippen LogP contribution in [0.4, 0.5) is 0 Å². The Labute approximate surface area is 144 Å². The lowest BCUT2D eigenvalue weighted by Crippen LogP contribution is -2.01. The Kier molecular flexibility index (Phi) is 3.89. The van der Waals surface area contributed by atoms with Crippen LogP contribution in [0.15, 0.2) is 72.9 Å². The van der Waals surface area contributed by atoms with E-state index in [1.165, 1.54) is 0 Å². The zero-order valence-corrected chi connectivity index (χ0v) is 13.5. The van der Waals surface area contributed by atoms with Gasteiger partial charge in [-0.25, -0.2) is 4.98 Å². The maximum Gasteiger partial charge on any atom is 0.232 e. The highest BCUT2D eigenvalue weighted by Crippen LogP contribution is 2.24. The largest absolute Gasteiger partial charge is 0.472 e. The lowest BCUT2D eigenvalue weighted by molar-refractivity contribution is 0.289. The van der Waals surface area contributed by atoms with Crippen LogP contribution in [0.3, 0.4) is 0 Å². The van der Waals surface area contributed by atoms with Crippen LogP contribution in [0, 0.1) is 0 Å². The summed E-state index contributed by atoms with van der Waals surface area (Å²) in [4.78, 5) is 4.02. The summed E-state index contributed by atoms with van der Waals surface area (Å²) in [6.07, 6.45) is 1.67. The quantitative estimate of drug-likeness (QED) is 0.546. The van der Waals surface area contributed by atoms with Crippen molar-refractivity contribution in [2.45, 2.75) is 6.61 Å². The molecule has 0 aliphatic carbocycles. The van der Waals surface area contributed by atoms with Crippen molar-refractivity contribution in [2.24, 2.45) is 0 Å². The van der Waals surface area contributed by atoms with E-state index in [1.54, 1.807) is 10.7 Å². The first-order valence-corrected chi connectivity index (χ1v) is 7.95. The van der Waals surface area contributed by atoms with Crippen molar-refractivity contribution in [3.8, 4) is 17.0 Å². The molecule has 4 rings (SSSR count). The van der Waals surface area contributed by atoms with Gasteiger partial charge in [-0.15, -0.1) is 5.10 Å². The van der Waals surface area contributed by atoms with Crippen molar-refractivity contribution < 1.29 is 4.74 Å². The average Bonchev–Trinajstić information content (AvgIpc) is 3.01. The Morgan fingerprint density at radius 2 is 1.71 bits per heavy atom. The number of hydrogen-bond donors (Lipinski definition) is 0. The van der Waals surface area contributed by atoms with E-state index in [2.05, 4.69) is 34.3 Å². The molecule has 2 aromatic heterocycles. The van der Waals surface area contributed by atoms with Crippen molar-refractivity contribution in [3.63, 3.8) is 0 Å². The summed E-state index contributed by atoms with van der Waals surface area (Å²) in [6, 6.07) is 22.1. The Bertz CT molecular complexity index is 982. The molecule has 4 aromatic rings. The van der Waals surface area contributed by atoms with E-state index in [0.29, 0.717) is 17.8 Å². The Morgan fingerprint density at radius 3 is 2.58 bits per heavy atom. The molecule has 0 N–H and O–H groups in total. The van der Waals surface area contributed by atoms with E-state index in [9.17, 15) is 0 Å². The second kappa shape index (κ2) is 6.34. The van der Waals surface area contributed by atoms with E-state index >= 15 is 0 Å². The second-order valence-corrected chi connectivity index (χ2v) is 5.69. The normalized spacial score (nSPS) is 10.9. The summed E-state index contributed by atoms with van der Waals surface area (Å²) in [5.41, 5.74) is 4.25. The maximum absolute atomic E-state index is 6.00. The minimum absolute atomic E-state index is 0.320. The van der Waals surface area contributed by atoms with Crippen molar-refractivity contribution in [1.82, 2.24) is 14.6 Å². The summed E-state index contributed by atoms with van der Waals surface area (Å²) < 4.78 is 7.42. The first-order valence-electron chi connectivity index (χ1n) is 7.58. The van der Waals surface area contributed by atoms with Crippen LogP contribution in [-0.4, -0.2) is 14.6 Å². The highest BCUT2D eigenvalue weighted by atomic mass is 35.5. The van der Waals surface area contributed by atoms with Gasteiger partial charge in [-0.2, -0.15) is 4.52 Å². The molecule has 0 saturated carbocycles. The number of fused-ring (bicyclic) bond motifs is 1. The van der Waals surface area contributed by atoms with Crippen LogP contribution in [0.2, 0.25) is 5.28 Å². The summed E-state index contributed by atoms with van der Waals surface area (Å²) in [6.45, 7) is 0.426. The van der Waals surface area contributed by atoms with E-state index in [0.717, 1.165) is 22.2 Å². The molecule has 5 heteroatoms. The molecule has 0 fully saturated rings. The summed E-state index contributed by atoms with van der Waals surface area (Å²) in [7, 11) is 0. The molecule has 2 aromatic carbocycles. The van der Waals surface area contributed by atoms with Crippen LogP contribution >= 0.6 is 11.6 Å². The Morgan fingerprint density at radius 1 is 0.917 bits per heavy atom. The molecule has 4 nitrogen and oxygen atoms in total. The summed E-state index contributed by atoms with van der Waals surface area (Å²) in [5.74, 6) is 0.505. The standard InChI is InChI=1S/C19H14ClN3O/c20-19-21-12-16-10-11-18(22-23(16)19)24-13-15-8-4-5-9-17(15)14-6-2-1-3-7-14/h1-12H,13H2. The van der Waals surface area contributed by atoms with Crippen LogP contribution in [0.25, 0.3) is 16.6 Å². The molecule has 0 saturated heterocycles. The van der Waals surface area contributed by atoms with Gasteiger partial charge >= 0.3 is 0 Å². The fraction of sp³-hybridized carbons (Fsp3) is 0.0526. The fourth-order valence-electron chi connectivity index (χ4n) is 2.61. The first-order chi connectivity index (χ1) is 11.8. The van der Waals surface area contributed by atoms with Crippen LogP contribution < -0.4 is 4.74 Å². The molecule has 0 spiro atoms. The summed E-state index contributed by atoms with van der Waals surface area (Å²) >= 11 is 6.00. The molecule has 0 unspecified atom stereocenters. The van der Waals surface area contributed by atoms with Crippen molar-refractivity contribution in [1.29, 1.82) is 0 Å². The molecule has 24 heavy (non-hydrogen) atoms. The third-order valence-electron chi connectivity index (χ3n) is 3.80. The lowest BCUT2D eigenvalue weighted by atomic mass is 10.0. The van der Waals surface area contributed by atoms with Crippen molar-refractivity contribution >= 4 is 17.1 Å². The Balaban J connectivity index is 1.60. The molecule has 0 atom stereocenters. The van der Waals surface area contributed by atoms with Gasteiger partial charge in [0.15, 0.2) is 0 Å². The van der Waals surface area contributed by atoms with Gasteiger partial charge in [0.1, 0.15) is 6.61 Å². The molecule has 118 valence electrons. The van der Waals surface area contributed by atoms with Gasteiger partial charge in [-0.05, 0) is 34.4 Å². The number of halogens is 1. The number of nitrogens with zero attached hydrogens (tertiary/aromatic N) is 3. The minimum Gasteiger partial charge on any atom is -0.472 e. The molecule has 0 amide bonds. The third kappa shape index (κ3) is 2.84. The predicted octanol–water partition coefficient (Wildman–Crippen LogP) is 4.63. The number of imidazole rings is 1. The molecule has 0 aliphatic rings. The minimum atomic E-state index is 0.320. The monoisotopic (exact) mass is 335 g/mol. The average molecular weight is 336 g/mol. The van der Waals surface area contributed by atoms with Crippen LogP contribution in [0.5, 0.6) is 5.88 Å². The van der Waals surface area contributed by atoms with E-state index in [1.807, 2.05) is 42.5 Å². The van der Waals surface area contributed by atoms with E-state index in [4.69, 9.17) is 16.3 Å². The number of aromatic nitrogens is 3. The van der Waals surface area contributed by atoms with Crippen molar-refractivity contribution in [3.05, 3.63) is 83.8 Å². The van der Waals surface area contributed by atoms with Gasteiger partial charge in [0.2, 0.25) is 11.2 Å². The molecule has 0 aliphatic heterocycles. The van der Waals surface area contributed by atoms with Gasteiger partial charge in [0.25, 0.3) is 0 Å². The van der Waals surface area contributed by atoms with E-state index < -0.39 is 0 Å². The third-order valence-corrected chi connectivity index (χ3v) is 4.05. The SMILES string of the molecule is Clc1ncc2ccc(OCc3ccccc3-c3ccccc3)nn12. The highest BCUT2D eigenvalue weighted by Gasteiger charge is 2.07. The number of rotatable bonds is 4. The fourth-order valence-corrected chi connectivity index (χ4v) is 2.79. The van der Waals surface area contributed by atoms with Gasteiger partial charge in [-0.1, -0.05) is 54.6 Å². The van der Waals surface area contributed by atoms with Crippen LogP contribution in [-0.2, 0) is 6.61 Å². The number of hydrogen-bond acceptors (Lipinski definition) is 3. The van der Waals surface area contributed by atoms with Gasteiger partial charge in [0, 0.05) is 6.07 Å². The molecule has 0 radical (unpaired) electrons. The summed E-state index contributed by atoms with van der Waals surface area (Å²) in [5, 5.41) is 4.67. The zero-order chi connectivity index (χ0) is 16.4. The molecule has 0 bridgehead atoms. The first kappa shape index (κ1) is 14.7. The molecular weight excluding hydrogens is 322 g/mol. The zero-order valence-electron chi connectivity index (χ0n) is 12.8. The van der Waals surface area contributed by atoms with Crippen molar-refractivity contribution in [2.75, 3.05) is 0 Å². The lowest BCUT2D eigenvalue weighted by Gasteiger charge is -2.11. The predicted molar refractivity (Wildman–Crippen MR) is 94.2 cm³/mol. The number of benzene rings is 2. The van der Waals surface area contributed by atoms with Gasteiger partial charge < -0.3 is 4.74 Å². The maximum atomic E-state index is 6.00. The van der Waals surface area contributed by atoms with Gasteiger partial charge in [0.05, 0.1) is 11.7 Å².